The molecule has 1 atom stereocenters. The lowest BCUT2D eigenvalue weighted by molar-refractivity contribution is 0.535. The minimum atomic E-state index is -0.178. The number of benzene rings is 1. The van der Waals surface area contributed by atoms with Crippen LogP contribution in [0, 0.1) is 11.7 Å². The predicted molar refractivity (Wildman–Crippen MR) is 60.4 cm³/mol. The second-order valence-electron chi connectivity index (χ2n) is 4.28. The smallest absolute Gasteiger partial charge is 0.126 e. The summed E-state index contributed by atoms with van der Waals surface area (Å²) >= 11 is 5.81. The highest BCUT2D eigenvalue weighted by Crippen LogP contribution is 2.33. The van der Waals surface area contributed by atoms with Gasteiger partial charge < -0.3 is 5.73 Å². The van der Waals surface area contributed by atoms with Crippen LogP contribution in [-0.4, -0.2) is 6.04 Å². The highest BCUT2D eigenvalue weighted by Gasteiger charge is 2.28. The summed E-state index contributed by atoms with van der Waals surface area (Å²) in [6, 6.07) is 4.90. The van der Waals surface area contributed by atoms with E-state index in [1.165, 1.54) is 18.9 Å². The van der Waals surface area contributed by atoms with Crippen molar-refractivity contribution in [3.8, 4) is 0 Å². The summed E-state index contributed by atoms with van der Waals surface area (Å²) in [5.74, 6) is 0.495. The molecule has 1 nitrogen and oxygen atoms in total. The van der Waals surface area contributed by atoms with Crippen LogP contribution in [0.3, 0.4) is 0 Å². The Bertz CT molecular complexity index is 349. The van der Waals surface area contributed by atoms with Crippen molar-refractivity contribution in [3.63, 3.8) is 0 Å². The topological polar surface area (TPSA) is 26.0 Å². The molecule has 1 aliphatic carbocycles. The van der Waals surface area contributed by atoms with Gasteiger partial charge in [0.25, 0.3) is 0 Å². The van der Waals surface area contributed by atoms with E-state index in [0.717, 1.165) is 6.42 Å². The van der Waals surface area contributed by atoms with Crippen LogP contribution in [-0.2, 0) is 6.42 Å². The molecule has 0 aliphatic heterocycles. The first-order valence-electron chi connectivity index (χ1n) is 5.36. The molecule has 0 amide bonds. The van der Waals surface area contributed by atoms with E-state index in [0.29, 0.717) is 22.9 Å². The first-order valence-corrected chi connectivity index (χ1v) is 5.74. The van der Waals surface area contributed by atoms with Crippen molar-refractivity contribution in [1.82, 2.24) is 0 Å². The standard InChI is InChI=1S/C12H15ClFN/c13-10-4-5-11(14)9(7-10)3-6-12(15)8-1-2-8/h4-5,7-8,12H,1-3,6,15H2. The summed E-state index contributed by atoms with van der Waals surface area (Å²) < 4.78 is 13.3. The van der Waals surface area contributed by atoms with Gasteiger partial charge in [-0.25, -0.2) is 4.39 Å². The van der Waals surface area contributed by atoms with Crippen molar-refractivity contribution in [1.29, 1.82) is 0 Å². The zero-order valence-electron chi connectivity index (χ0n) is 8.55. The molecule has 2 rings (SSSR count). The van der Waals surface area contributed by atoms with Crippen molar-refractivity contribution < 1.29 is 4.39 Å². The van der Waals surface area contributed by atoms with Crippen LogP contribution < -0.4 is 5.73 Å². The maximum absolute atomic E-state index is 13.3. The molecule has 0 spiro atoms. The summed E-state index contributed by atoms with van der Waals surface area (Å²) in [5.41, 5.74) is 6.64. The quantitative estimate of drug-likeness (QED) is 0.840. The molecule has 1 aliphatic rings. The number of hydrogen-bond donors (Lipinski definition) is 1. The molecule has 1 aromatic carbocycles. The van der Waals surface area contributed by atoms with Crippen molar-refractivity contribution >= 4 is 11.6 Å². The van der Waals surface area contributed by atoms with Crippen LogP contribution in [0.25, 0.3) is 0 Å². The van der Waals surface area contributed by atoms with Gasteiger partial charge in [-0.1, -0.05) is 11.6 Å². The van der Waals surface area contributed by atoms with Crippen molar-refractivity contribution in [3.05, 3.63) is 34.6 Å². The molecule has 1 fully saturated rings. The third-order valence-corrected chi connectivity index (χ3v) is 3.22. The summed E-state index contributed by atoms with van der Waals surface area (Å²) in [7, 11) is 0. The fraction of sp³-hybridized carbons (Fsp3) is 0.500. The Balaban J connectivity index is 1.94. The maximum Gasteiger partial charge on any atom is 0.126 e. The lowest BCUT2D eigenvalue weighted by Crippen LogP contribution is -2.23. The fourth-order valence-electron chi connectivity index (χ4n) is 1.82. The minimum absolute atomic E-state index is 0.178. The number of nitrogens with two attached hydrogens (primary N) is 1. The molecule has 1 unspecified atom stereocenters. The Hall–Kier alpha value is -0.600. The second-order valence-corrected chi connectivity index (χ2v) is 4.71. The second kappa shape index (κ2) is 4.50. The Kier molecular flexibility index (Phi) is 3.27. The molecule has 0 bridgehead atoms. The maximum atomic E-state index is 13.3. The summed E-state index contributed by atoms with van der Waals surface area (Å²) in [6.07, 6.45) is 4.00. The molecule has 3 heteroatoms. The van der Waals surface area contributed by atoms with E-state index in [-0.39, 0.29) is 11.9 Å². The van der Waals surface area contributed by atoms with Gasteiger partial charge in [0.2, 0.25) is 0 Å². The van der Waals surface area contributed by atoms with E-state index >= 15 is 0 Å². The molecular weight excluding hydrogens is 213 g/mol. The molecule has 15 heavy (non-hydrogen) atoms. The Morgan fingerprint density at radius 1 is 1.47 bits per heavy atom. The van der Waals surface area contributed by atoms with Crippen LogP contribution in [0.15, 0.2) is 18.2 Å². The van der Waals surface area contributed by atoms with Gasteiger partial charge in [0.15, 0.2) is 0 Å². The Morgan fingerprint density at radius 3 is 2.87 bits per heavy atom. The zero-order chi connectivity index (χ0) is 10.8. The molecule has 0 aromatic heterocycles. The largest absolute Gasteiger partial charge is 0.327 e. The molecule has 1 saturated carbocycles. The molecule has 0 heterocycles. The first-order chi connectivity index (χ1) is 7.16. The lowest BCUT2D eigenvalue weighted by Gasteiger charge is -2.10. The van der Waals surface area contributed by atoms with Crippen molar-refractivity contribution in [2.45, 2.75) is 31.7 Å². The summed E-state index contributed by atoms with van der Waals surface area (Å²) in [4.78, 5) is 0. The van der Waals surface area contributed by atoms with Gasteiger partial charge in [0.05, 0.1) is 0 Å². The molecule has 82 valence electrons. The van der Waals surface area contributed by atoms with Crippen molar-refractivity contribution in [2.24, 2.45) is 11.7 Å². The number of hydrogen-bond acceptors (Lipinski definition) is 1. The van der Waals surface area contributed by atoms with Crippen LogP contribution in [0.2, 0.25) is 5.02 Å². The molecule has 2 N–H and O–H groups in total. The third kappa shape index (κ3) is 2.93. The highest BCUT2D eigenvalue weighted by molar-refractivity contribution is 6.30. The highest BCUT2D eigenvalue weighted by atomic mass is 35.5. The number of aryl methyl sites for hydroxylation is 1. The van der Waals surface area contributed by atoms with Crippen LogP contribution in [0.4, 0.5) is 4.39 Å². The summed E-state index contributed by atoms with van der Waals surface area (Å²) in [5, 5.41) is 0.589. The van der Waals surface area contributed by atoms with Gasteiger partial charge >= 0.3 is 0 Å². The van der Waals surface area contributed by atoms with E-state index < -0.39 is 0 Å². The number of rotatable bonds is 4. The van der Waals surface area contributed by atoms with E-state index in [2.05, 4.69) is 0 Å². The Labute approximate surface area is 94.4 Å². The van der Waals surface area contributed by atoms with Crippen LogP contribution in [0.5, 0.6) is 0 Å². The SMILES string of the molecule is NC(CCc1cc(Cl)ccc1F)C1CC1. The third-order valence-electron chi connectivity index (χ3n) is 2.98. The average Bonchev–Trinajstić information content (AvgIpc) is 3.02. The van der Waals surface area contributed by atoms with Gasteiger partial charge in [-0.2, -0.15) is 0 Å². The zero-order valence-corrected chi connectivity index (χ0v) is 9.30. The van der Waals surface area contributed by atoms with Crippen LogP contribution >= 0.6 is 11.6 Å². The molecule has 1 aromatic rings. The summed E-state index contributed by atoms with van der Waals surface area (Å²) in [6.45, 7) is 0. The van der Waals surface area contributed by atoms with Gasteiger partial charge in [-0.15, -0.1) is 0 Å². The van der Waals surface area contributed by atoms with Gasteiger partial charge in [-0.05, 0) is 55.4 Å². The average molecular weight is 228 g/mol. The van der Waals surface area contributed by atoms with Crippen LogP contribution in [0.1, 0.15) is 24.8 Å². The molecule has 0 radical (unpaired) electrons. The van der Waals surface area contributed by atoms with Crippen molar-refractivity contribution in [2.75, 3.05) is 0 Å². The van der Waals surface area contributed by atoms with Gasteiger partial charge in [0.1, 0.15) is 5.82 Å². The normalized spacial score (nSPS) is 17.8. The Morgan fingerprint density at radius 2 is 2.20 bits per heavy atom. The monoisotopic (exact) mass is 227 g/mol. The van der Waals surface area contributed by atoms with E-state index in [4.69, 9.17) is 17.3 Å². The van der Waals surface area contributed by atoms with Gasteiger partial charge in [-0.3, -0.25) is 0 Å². The molecular formula is C12H15ClFN. The van der Waals surface area contributed by atoms with E-state index in [1.807, 2.05) is 0 Å². The minimum Gasteiger partial charge on any atom is -0.327 e. The first kappa shape index (κ1) is 10.9. The van der Waals surface area contributed by atoms with Gasteiger partial charge in [0, 0.05) is 11.1 Å². The van der Waals surface area contributed by atoms with E-state index in [1.54, 1.807) is 12.1 Å². The fourth-order valence-corrected chi connectivity index (χ4v) is 2.01. The molecule has 0 saturated heterocycles. The van der Waals surface area contributed by atoms with E-state index in [9.17, 15) is 4.39 Å². The lowest BCUT2D eigenvalue weighted by atomic mass is 10.0. The predicted octanol–water partition coefficient (Wildman–Crippen LogP) is 3.15. The number of halogens is 2.